The standard InChI is InChI=1S/C14H22N4O2.C14H24N4/c1-16(2)8-5-12-6-9-17(10-7-12)14-4-3-13(11-15-14)18(19)20;1-17(2)8-5-12-6-9-18(10-7-12)14-4-3-13(15)11-16-14/h3-4,11-12H,5-10H2,1-2H3;3-4,11-12H,5-10,15H2,1-2H3. The van der Waals surface area contributed by atoms with Crippen molar-refractivity contribution in [3.8, 4) is 0 Å². The van der Waals surface area contributed by atoms with E-state index in [4.69, 9.17) is 5.73 Å². The highest BCUT2D eigenvalue weighted by molar-refractivity contribution is 5.46. The van der Waals surface area contributed by atoms with Gasteiger partial charge in [0.1, 0.15) is 17.8 Å². The van der Waals surface area contributed by atoms with E-state index in [-0.39, 0.29) is 5.69 Å². The first-order chi connectivity index (χ1) is 18.2. The molecule has 4 heterocycles. The normalized spacial score (nSPS) is 17.0. The van der Waals surface area contributed by atoms with Crippen molar-refractivity contribution in [1.29, 1.82) is 0 Å². The van der Waals surface area contributed by atoms with Gasteiger partial charge in [0, 0.05) is 32.2 Å². The first kappa shape index (κ1) is 29.6. The first-order valence-corrected chi connectivity index (χ1v) is 13.8. The lowest BCUT2D eigenvalue weighted by Crippen LogP contribution is -2.35. The number of hydrogen-bond donors (Lipinski definition) is 1. The van der Waals surface area contributed by atoms with E-state index in [1.54, 1.807) is 12.3 Å². The predicted molar refractivity (Wildman–Crippen MR) is 156 cm³/mol. The number of pyridine rings is 2. The smallest absolute Gasteiger partial charge is 0.287 e. The summed E-state index contributed by atoms with van der Waals surface area (Å²) in [4.78, 5) is 27.9. The summed E-state index contributed by atoms with van der Waals surface area (Å²) >= 11 is 0. The fourth-order valence-electron chi connectivity index (χ4n) is 5.04. The molecule has 4 rings (SSSR count). The Kier molecular flexibility index (Phi) is 11.5. The Balaban J connectivity index is 0.000000212. The van der Waals surface area contributed by atoms with Crippen LogP contribution in [0.4, 0.5) is 23.0 Å². The van der Waals surface area contributed by atoms with Gasteiger partial charge < -0.3 is 25.3 Å². The zero-order valence-electron chi connectivity index (χ0n) is 23.6. The lowest BCUT2D eigenvalue weighted by Gasteiger charge is -2.33. The lowest BCUT2D eigenvalue weighted by molar-refractivity contribution is -0.385. The van der Waals surface area contributed by atoms with Crippen LogP contribution in [-0.2, 0) is 0 Å². The molecule has 0 aromatic carbocycles. The monoisotopic (exact) mass is 526 g/mol. The molecule has 210 valence electrons. The van der Waals surface area contributed by atoms with Crippen molar-refractivity contribution in [1.82, 2.24) is 19.8 Å². The molecular formula is C28H46N8O2. The summed E-state index contributed by atoms with van der Waals surface area (Å²) in [5.74, 6) is 3.57. The lowest BCUT2D eigenvalue weighted by atomic mass is 9.93. The van der Waals surface area contributed by atoms with E-state index >= 15 is 0 Å². The van der Waals surface area contributed by atoms with Gasteiger partial charge in [-0.05, 0) is 110 Å². The number of piperidine rings is 2. The Morgan fingerprint density at radius 2 is 1.26 bits per heavy atom. The molecule has 2 aliphatic rings. The first-order valence-electron chi connectivity index (χ1n) is 13.8. The van der Waals surface area contributed by atoms with Crippen molar-refractivity contribution in [2.75, 3.05) is 83.0 Å². The number of nitro groups is 1. The van der Waals surface area contributed by atoms with Crippen molar-refractivity contribution in [3.63, 3.8) is 0 Å². The summed E-state index contributed by atoms with van der Waals surface area (Å²) in [6, 6.07) is 7.23. The van der Waals surface area contributed by atoms with Gasteiger partial charge >= 0.3 is 0 Å². The second kappa shape index (κ2) is 14.8. The van der Waals surface area contributed by atoms with E-state index in [2.05, 4.69) is 57.8 Å². The number of nitrogens with two attached hydrogens (primary N) is 1. The number of anilines is 3. The van der Waals surface area contributed by atoms with E-state index < -0.39 is 4.92 Å². The maximum atomic E-state index is 10.6. The van der Waals surface area contributed by atoms with Crippen LogP contribution in [0.25, 0.3) is 0 Å². The molecule has 2 aromatic heterocycles. The van der Waals surface area contributed by atoms with Gasteiger partial charge in [-0.2, -0.15) is 0 Å². The van der Waals surface area contributed by atoms with E-state index in [1.165, 1.54) is 57.3 Å². The molecule has 0 atom stereocenters. The molecule has 10 heteroatoms. The van der Waals surface area contributed by atoms with E-state index in [0.29, 0.717) is 0 Å². The topological polar surface area (TPSA) is 108 Å². The number of nitrogen functional groups attached to an aromatic ring is 1. The third-order valence-corrected chi connectivity index (χ3v) is 7.56. The van der Waals surface area contributed by atoms with Crippen LogP contribution < -0.4 is 15.5 Å². The number of rotatable bonds is 9. The van der Waals surface area contributed by atoms with Gasteiger partial charge in [-0.1, -0.05) is 0 Å². The average Bonchev–Trinajstić information content (AvgIpc) is 2.92. The highest BCUT2D eigenvalue weighted by Crippen LogP contribution is 2.26. The number of nitrogens with zero attached hydrogens (tertiary/aromatic N) is 7. The molecule has 38 heavy (non-hydrogen) atoms. The van der Waals surface area contributed by atoms with Crippen LogP contribution in [0.1, 0.15) is 38.5 Å². The molecule has 2 saturated heterocycles. The van der Waals surface area contributed by atoms with E-state index in [1.807, 2.05) is 12.1 Å². The Hall–Kier alpha value is -2.98. The quantitative estimate of drug-likeness (QED) is 0.383. The van der Waals surface area contributed by atoms with Gasteiger partial charge in [0.25, 0.3) is 5.69 Å². The van der Waals surface area contributed by atoms with Crippen LogP contribution in [0.2, 0.25) is 0 Å². The minimum absolute atomic E-state index is 0.0506. The molecule has 2 N–H and O–H groups in total. The largest absolute Gasteiger partial charge is 0.397 e. The van der Waals surface area contributed by atoms with Gasteiger partial charge in [0.2, 0.25) is 0 Å². The summed E-state index contributed by atoms with van der Waals surface area (Å²) in [6.07, 6.45) is 10.5. The molecule has 0 spiro atoms. The highest BCUT2D eigenvalue weighted by atomic mass is 16.6. The second-order valence-corrected chi connectivity index (χ2v) is 11.1. The Morgan fingerprint density at radius 1 is 0.816 bits per heavy atom. The number of hydrogen-bond acceptors (Lipinski definition) is 9. The SMILES string of the molecule is CN(C)CCC1CCN(c2ccc(N)cn2)CC1.CN(C)CCC1CCN(c2ccc([N+](=O)[O-])cn2)CC1. The maximum Gasteiger partial charge on any atom is 0.287 e. The van der Waals surface area contributed by atoms with Gasteiger partial charge in [-0.15, -0.1) is 0 Å². The van der Waals surface area contributed by atoms with Gasteiger partial charge in [0.15, 0.2) is 0 Å². The van der Waals surface area contributed by atoms with Gasteiger partial charge in [-0.25, -0.2) is 9.97 Å². The Labute approximate surface area is 228 Å². The maximum absolute atomic E-state index is 10.6. The fourth-order valence-corrected chi connectivity index (χ4v) is 5.04. The molecule has 2 fully saturated rings. The average molecular weight is 527 g/mol. The second-order valence-electron chi connectivity index (χ2n) is 11.1. The summed E-state index contributed by atoms with van der Waals surface area (Å²) < 4.78 is 0. The summed E-state index contributed by atoms with van der Waals surface area (Å²) in [5.41, 5.74) is 6.45. The molecule has 2 aromatic rings. The third-order valence-electron chi connectivity index (χ3n) is 7.56. The molecule has 0 amide bonds. The van der Waals surface area contributed by atoms with Crippen LogP contribution in [0.3, 0.4) is 0 Å². The highest BCUT2D eigenvalue weighted by Gasteiger charge is 2.21. The zero-order valence-corrected chi connectivity index (χ0v) is 23.6. The molecule has 0 radical (unpaired) electrons. The minimum Gasteiger partial charge on any atom is -0.397 e. The van der Waals surface area contributed by atoms with Crippen LogP contribution >= 0.6 is 0 Å². The molecule has 0 unspecified atom stereocenters. The van der Waals surface area contributed by atoms with Crippen molar-refractivity contribution in [2.24, 2.45) is 11.8 Å². The zero-order chi connectivity index (χ0) is 27.5. The van der Waals surface area contributed by atoms with Crippen LogP contribution in [0.5, 0.6) is 0 Å². The molecule has 2 aliphatic heterocycles. The van der Waals surface area contributed by atoms with E-state index in [9.17, 15) is 10.1 Å². The van der Waals surface area contributed by atoms with Gasteiger partial charge in [-0.3, -0.25) is 10.1 Å². The van der Waals surface area contributed by atoms with Crippen molar-refractivity contribution < 1.29 is 4.92 Å². The molecule has 0 saturated carbocycles. The van der Waals surface area contributed by atoms with E-state index in [0.717, 1.165) is 61.9 Å². The van der Waals surface area contributed by atoms with Gasteiger partial charge in [0.05, 0.1) is 16.8 Å². The summed E-state index contributed by atoms with van der Waals surface area (Å²) in [5, 5.41) is 10.6. The molecule has 10 nitrogen and oxygen atoms in total. The van der Waals surface area contributed by atoms with Crippen LogP contribution in [-0.4, -0.2) is 92.2 Å². The van der Waals surface area contributed by atoms with Crippen LogP contribution in [0.15, 0.2) is 36.7 Å². The van der Waals surface area contributed by atoms with Crippen molar-refractivity contribution >= 4 is 23.0 Å². The minimum atomic E-state index is -0.412. The summed E-state index contributed by atoms with van der Waals surface area (Å²) in [6.45, 7) is 6.56. The van der Waals surface area contributed by atoms with Crippen molar-refractivity contribution in [2.45, 2.75) is 38.5 Å². The summed E-state index contributed by atoms with van der Waals surface area (Å²) in [7, 11) is 8.51. The Morgan fingerprint density at radius 3 is 1.61 bits per heavy atom. The fraction of sp³-hybridized carbons (Fsp3) is 0.643. The third kappa shape index (κ3) is 9.72. The molecule has 0 bridgehead atoms. The number of aromatic nitrogens is 2. The molecule has 0 aliphatic carbocycles. The van der Waals surface area contributed by atoms with Crippen LogP contribution in [0, 0.1) is 22.0 Å². The Bertz CT molecular complexity index is 952. The van der Waals surface area contributed by atoms with Crippen molar-refractivity contribution in [3.05, 3.63) is 46.8 Å². The predicted octanol–water partition coefficient (Wildman–Crippen LogP) is 3.99. The molecular weight excluding hydrogens is 480 g/mol.